The zero-order valence-electron chi connectivity index (χ0n) is 15.4. The molecule has 2 heterocycles. The topological polar surface area (TPSA) is 93.2 Å². The van der Waals surface area contributed by atoms with Crippen LogP contribution in [0, 0.1) is 6.92 Å². The number of aliphatic hydroxyl groups is 1. The monoisotopic (exact) mass is 368 g/mol. The first kappa shape index (κ1) is 17.7. The quantitative estimate of drug-likeness (QED) is 0.722. The molecule has 0 saturated heterocycles. The number of amides is 1. The number of para-hydroxylation sites is 2. The van der Waals surface area contributed by atoms with Gasteiger partial charge in [-0.15, -0.1) is 0 Å². The molecular weight excluding hydrogens is 344 g/mol. The molecule has 7 heteroatoms. The van der Waals surface area contributed by atoms with Crippen LogP contribution < -0.4 is 5.32 Å². The maximum atomic E-state index is 12.4. The third-order valence-corrected chi connectivity index (χ3v) is 5.31. The number of aryl methyl sites for hydroxylation is 1. The lowest BCUT2D eigenvalue weighted by molar-refractivity contribution is 0.00517. The highest BCUT2D eigenvalue weighted by Crippen LogP contribution is 2.27. The molecule has 1 aliphatic rings. The molecule has 0 atom stereocenters. The molecule has 1 amide bonds. The van der Waals surface area contributed by atoms with Crippen LogP contribution in [-0.2, 0) is 6.54 Å². The number of carbonyl (C=O) groups is 1. The lowest BCUT2D eigenvalue weighted by atomic mass is 9.85. The molecule has 1 aliphatic carbocycles. The molecule has 0 unspecified atom stereocenters. The normalized spacial score (nSPS) is 16.5. The number of fused-ring (bicyclic) bond motifs is 1. The molecule has 4 rings (SSSR count). The summed E-state index contributed by atoms with van der Waals surface area (Å²) < 4.78 is 7.39. The smallest absolute Gasteiger partial charge is 0.273 e. The lowest BCUT2D eigenvalue weighted by Crippen LogP contribution is -2.44. The maximum absolute atomic E-state index is 12.4. The van der Waals surface area contributed by atoms with Gasteiger partial charge in [0.05, 0.1) is 23.2 Å². The molecule has 7 nitrogen and oxygen atoms in total. The Morgan fingerprint density at radius 1 is 1.30 bits per heavy atom. The van der Waals surface area contributed by atoms with Crippen molar-refractivity contribution in [2.75, 3.05) is 6.54 Å². The van der Waals surface area contributed by atoms with Crippen molar-refractivity contribution in [1.82, 2.24) is 20.0 Å². The van der Waals surface area contributed by atoms with Gasteiger partial charge >= 0.3 is 0 Å². The first-order valence-electron chi connectivity index (χ1n) is 9.42. The molecule has 142 valence electrons. The summed E-state index contributed by atoms with van der Waals surface area (Å²) in [5.41, 5.74) is 1.37. The summed E-state index contributed by atoms with van der Waals surface area (Å²) >= 11 is 0. The lowest BCUT2D eigenvalue weighted by Gasteiger charge is -2.31. The standard InChI is InChI=1S/C20H24N4O3/c1-14-22-16-7-3-4-8-18(16)24(14)12-15-11-17(23-27-15)19(25)21-13-20(26)9-5-2-6-10-20/h3-4,7-8,11,26H,2,5-6,9-10,12-13H2,1H3,(H,21,25). The second kappa shape index (κ2) is 7.15. The zero-order chi connectivity index (χ0) is 18.9. The number of hydrogen-bond donors (Lipinski definition) is 2. The van der Waals surface area contributed by atoms with Crippen molar-refractivity contribution in [3.8, 4) is 0 Å². The average Bonchev–Trinajstić information content (AvgIpc) is 3.26. The predicted octanol–water partition coefficient (Wildman–Crippen LogP) is 2.81. The van der Waals surface area contributed by atoms with E-state index in [1.807, 2.05) is 35.8 Å². The minimum absolute atomic E-state index is 0.228. The number of carbonyl (C=O) groups excluding carboxylic acids is 1. The SMILES string of the molecule is Cc1nc2ccccc2n1Cc1cc(C(=O)NCC2(O)CCCCC2)no1. The van der Waals surface area contributed by atoms with E-state index in [1.54, 1.807) is 6.07 Å². The number of benzene rings is 1. The molecule has 27 heavy (non-hydrogen) atoms. The Labute approximate surface area is 157 Å². The van der Waals surface area contributed by atoms with Crippen LogP contribution in [-0.4, -0.2) is 37.9 Å². The first-order chi connectivity index (χ1) is 13.0. The van der Waals surface area contributed by atoms with Crippen LogP contribution in [0.5, 0.6) is 0 Å². The van der Waals surface area contributed by atoms with Crippen LogP contribution in [0.2, 0.25) is 0 Å². The molecule has 0 aliphatic heterocycles. The Hall–Kier alpha value is -2.67. The Morgan fingerprint density at radius 2 is 2.07 bits per heavy atom. The minimum atomic E-state index is -0.798. The van der Waals surface area contributed by atoms with Crippen LogP contribution in [0.1, 0.15) is 54.2 Å². The van der Waals surface area contributed by atoms with Crippen LogP contribution >= 0.6 is 0 Å². The van der Waals surface area contributed by atoms with E-state index < -0.39 is 5.60 Å². The summed E-state index contributed by atoms with van der Waals surface area (Å²) in [5, 5.41) is 17.2. The van der Waals surface area contributed by atoms with Crippen LogP contribution in [0.3, 0.4) is 0 Å². The van der Waals surface area contributed by atoms with E-state index in [0.29, 0.717) is 12.3 Å². The van der Waals surface area contributed by atoms with E-state index in [4.69, 9.17) is 4.52 Å². The molecule has 0 radical (unpaired) electrons. The summed E-state index contributed by atoms with van der Waals surface area (Å²) in [5.74, 6) is 1.14. The molecule has 0 bridgehead atoms. The van der Waals surface area contributed by atoms with Crippen LogP contribution in [0.4, 0.5) is 0 Å². The second-order valence-electron chi connectivity index (χ2n) is 7.38. The average molecular weight is 368 g/mol. The Morgan fingerprint density at radius 3 is 2.89 bits per heavy atom. The summed E-state index contributed by atoms with van der Waals surface area (Å²) in [6.45, 7) is 2.64. The molecule has 1 aromatic carbocycles. The van der Waals surface area contributed by atoms with E-state index in [1.165, 1.54) is 0 Å². The molecule has 2 N–H and O–H groups in total. The van der Waals surface area contributed by atoms with Gasteiger partial charge in [0.25, 0.3) is 5.91 Å². The Bertz CT molecular complexity index is 953. The summed E-state index contributed by atoms with van der Waals surface area (Å²) in [7, 11) is 0. The van der Waals surface area contributed by atoms with Gasteiger partial charge in [0.1, 0.15) is 5.82 Å². The van der Waals surface area contributed by atoms with Gasteiger partial charge in [-0.1, -0.05) is 36.6 Å². The number of hydrogen-bond acceptors (Lipinski definition) is 5. The van der Waals surface area contributed by atoms with Crippen molar-refractivity contribution < 1.29 is 14.4 Å². The van der Waals surface area contributed by atoms with Crippen molar-refractivity contribution in [2.45, 2.75) is 51.2 Å². The van der Waals surface area contributed by atoms with Gasteiger partial charge < -0.3 is 19.5 Å². The number of nitrogens with zero attached hydrogens (tertiary/aromatic N) is 3. The van der Waals surface area contributed by atoms with Crippen molar-refractivity contribution in [2.24, 2.45) is 0 Å². The Kier molecular flexibility index (Phi) is 4.70. The van der Waals surface area contributed by atoms with E-state index in [0.717, 1.165) is 49.0 Å². The van der Waals surface area contributed by atoms with Crippen molar-refractivity contribution in [1.29, 1.82) is 0 Å². The number of rotatable bonds is 5. The van der Waals surface area contributed by atoms with E-state index in [-0.39, 0.29) is 18.1 Å². The molecule has 1 saturated carbocycles. The number of nitrogens with one attached hydrogen (secondary N) is 1. The van der Waals surface area contributed by atoms with Gasteiger partial charge in [-0.2, -0.15) is 0 Å². The van der Waals surface area contributed by atoms with Crippen molar-refractivity contribution in [3.63, 3.8) is 0 Å². The summed E-state index contributed by atoms with van der Waals surface area (Å²) in [6.07, 6.45) is 4.59. The van der Waals surface area contributed by atoms with Gasteiger partial charge in [0.15, 0.2) is 11.5 Å². The second-order valence-corrected chi connectivity index (χ2v) is 7.38. The molecule has 0 spiro atoms. The van der Waals surface area contributed by atoms with Gasteiger partial charge in [-0.3, -0.25) is 4.79 Å². The predicted molar refractivity (Wildman–Crippen MR) is 100 cm³/mol. The maximum Gasteiger partial charge on any atom is 0.273 e. The van der Waals surface area contributed by atoms with Crippen molar-refractivity contribution in [3.05, 3.63) is 47.6 Å². The molecular formula is C20H24N4O3. The molecule has 2 aromatic heterocycles. The zero-order valence-corrected chi connectivity index (χ0v) is 15.4. The summed E-state index contributed by atoms with van der Waals surface area (Å²) in [6, 6.07) is 9.54. The highest BCUT2D eigenvalue weighted by atomic mass is 16.5. The van der Waals surface area contributed by atoms with E-state index in [9.17, 15) is 9.90 Å². The molecule has 1 fully saturated rings. The highest BCUT2D eigenvalue weighted by Gasteiger charge is 2.30. The van der Waals surface area contributed by atoms with Gasteiger partial charge in [0, 0.05) is 12.6 Å². The first-order valence-corrected chi connectivity index (χ1v) is 9.42. The minimum Gasteiger partial charge on any atom is -0.388 e. The highest BCUT2D eigenvalue weighted by molar-refractivity contribution is 5.92. The fourth-order valence-corrected chi connectivity index (χ4v) is 3.77. The van der Waals surface area contributed by atoms with Gasteiger partial charge in [-0.05, 0) is 31.9 Å². The third-order valence-electron chi connectivity index (χ3n) is 5.31. The Balaban J connectivity index is 1.43. The third kappa shape index (κ3) is 3.73. The van der Waals surface area contributed by atoms with E-state index in [2.05, 4.69) is 15.5 Å². The van der Waals surface area contributed by atoms with Crippen LogP contribution in [0.25, 0.3) is 11.0 Å². The van der Waals surface area contributed by atoms with Gasteiger partial charge in [-0.25, -0.2) is 4.98 Å². The fourth-order valence-electron chi connectivity index (χ4n) is 3.77. The number of imidazole rings is 1. The number of aromatic nitrogens is 3. The van der Waals surface area contributed by atoms with Crippen LogP contribution in [0.15, 0.2) is 34.9 Å². The fraction of sp³-hybridized carbons (Fsp3) is 0.450. The van der Waals surface area contributed by atoms with Crippen molar-refractivity contribution >= 4 is 16.9 Å². The largest absolute Gasteiger partial charge is 0.388 e. The van der Waals surface area contributed by atoms with Gasteiger partial charge in [0.2, 0.25) is 0 Å². The van der Waals surface area contributed by atoms with E-state index >= 15 is 0 Å². The molecule has 3 aromatic rings. The summed E-state index contributed by atoms with van der Waals surface area (Å²) in [4.78, 5) is 16.9.